The standard InChI is InChI=1S/C6Cl4O2.C6H4O2/c7-1-2(8)6(12)4(10)3(9)5(1)11;7-5-1-2-6(8)4-3-5/h;1-4H. The lowest BCUT2D eigenvalue weighted by atomic mass is 10.1. The fourth-order valence-corrected chi connectivity index (χ4v) is 1.85. The Morgan fingerprint density at radius 1 is 0.500 bits per heavy atom. The SMILES string of the molecule is O=C1C(Cl)=C(Cl)C(=O)C(Cl)=C1Cl.O=C1C=CC(=O)C=C1. The predicted molar refractivity (Wildman–Crippen MR) is 75.8 cm³/mol. The maximum atomic E-state index is 11.0. The van der Waals surface area contributed by atoms with Gasteiger partial charge in [-0.15, -0.1) is 0 Å². The number of carbonyl (C=O) groups excluding carboxylic acids is 4. The number of carbonyl (C=O) groups is 4. The van der Waals surface area contributed by atoms with E-state index >= 15 is 0 Å². The van der Waals surface area contributed by atoms with Crippen molar-refractivity contribution in [2.45, 2.75) is 0 Å². The van der Waals surface area contributed by atoms with E-state index in [4.69, 9.17) is 46.4 Å². The van der Waals surface area contributed by atoms with Crippen LogP contribution in [0.3, 0.4) is 0 Å². The first-order valence-electron chi connectivity index (χ1n) is 4.89. The van der Waals surface area contributed by atoms with Gasteiger partial charge in [-0.2, -0.15) is 0 Å². The topological polar surface area (TPSA) is 68.3 Å². The molecule has 0 aliphatic heterocycles. The molecule has 0 radical (unpaired) electrons. The molecule has 8 heteroatoms. The van der Waals surface area contributed by atoms with Gasteiger partial charge in [-0.3, -0.25) is 19.2 Å². The number of ketones is 4. The minimum absolute atomic E-state index is 0.121. The Labute approximate surface area is 133 Å². The first-order chi connectivity index (χ1) is 9.25. The maximum absolute atomic E-state index is 11.0. The smallest absolute Gasteiger partial charge is 0.219 e. The molecule has 20 heavy (non-hydrogen) atoms. The first kappa shape index (κ1) is 16.9. The summed E-state index contributed by atoms with van der Waals surface area (Å²) in [6, 6.07) is 0. The van der Waals surface area contributed by atoms with Gasteiger partial charge in [0.2, 0.25) is 11.6 Å². The number of Topliss-reactive ketones (excluding diaryl/α,β-unsaturated/α-hetero) is 2. The van der Waals surface area contributed by atoms with E-state index in [0.29, 0.717) is 0 Å². The van der Waals surface area contributed by atoms with E-state index in [9.17, 15) is 19.2 Å². The second-order valence-electron chi connectivity index (χ2n) is 3.39. The number of halogens is 4. The highest BCUT2D eigenvalue weighted by Crippen LogP contribution is 2.32. The summed E-state index contributed by atoms with van der Waals surface area (Å²) in [6.45, 7) is 0. The van der Waals surface area contributed by atoms with Gasteiger partial charge in [0.25, 0.3) is 0 Å². The molecule has 0 heterocycles. The maximum Gasteiger partial charge on any atom is 0.219 e. The van der Waals surface area contributed by atoms with Crippen LogP contribution in [0.1, 0.15) is 0 Å². The lowest BCUT2D eigenvalue weighted by Crippen LogP contribution is -2.14. The van der Waals surface area contributed by atoms with Gasteiger partial charge >= 0.3 is 0 Å². The Kier molecular flexibility index (Phi) is 5.89. The second-order valence-corrected chi connectivity index (χ2v) is 4.90. The fraction of sp³-hybridized carbons (Fsp3) is 0. The molecule has 0 fully saturated rings. The van der Waals surface area contributed by atoms with Gasteiger partial charge in [-0.1, -0.05) is 46.4 Å². The van der Waals surface area contributed by atoms with Crippen LogP contribution in [0.2, 0.25) is 0 Å². The average molecular weight is 354 g/mol. The highest BCUT2D eigenvalue weighted by atomic mass is 35.5. The Morgan fingerprint density at radius 2 is 0.700 bits per heavy atom. The largest absolute Gasteiger partial charge is 0.290 e. The summed E-state index contributed by atoms with van der Waals surface area (Å²) < 4.78 is 0. The first-order valence-corrected chi connectivity index (χ1v) is 6.41. The third-order valence-corrected chi connectivity index (χ3v) is 3.64. The molecular formula is C12H4Cl4O4. The highest BCUT2D eigenvalue weighted by Gasteiger charge is 2.31. The minimum Gasteiger partial charge on any atom is -0.290 e. The summed E-state index contributed by atoms with van der Waals surface area (Å²) in [7, 11) is 0. The normalized spacial score (nSPS) is 18.6. The predicted octanol–water partition coefficient (Wildman–Crippen LogP) is 2.77. The van der Waals surface area contributed by atoms with Crippen molar-refractivity contribution < 1.29 is 19.2 Å². The molecule has 0 N–H and O–H groups in total. The van der Waals surface area contributed by atoms with Gasteiger partial charge in [0.15, 0.2) is 11.6 Å². The molecule has 2 aliphatic carbocycles. The Hall–Kier alpha value is -1.20. The number of hydrogen-bond acceptors (Lipinski definition) is 4. The van der Waals surface area contributed by atoms with Crippen molar-refractivity contribution in [3.8, 4) is 0 Å². The van der Waals surface area contributed by atoms with Crippen LogP contribution in [0.4, 0.5) is 0 Å². The molecule has 4 nitrogen and oxygen atoms in total. The molecule has 0 amide bonds. The van der Waals surface area contributed by atoms with Gasteiger partial charge < -0.3 is 0 Å². The Morgan fingerprint density at radius 3 is 0.900 bits per heavy atom. The van der Waals surface area contributed by atoms with Crippen LogP contribution in [0, 0.1) is 0 Å². The Balaban J connectivity index is 0.000000217. The van der Waals surface area contributed by atoms with Crippen molar-refractivity contribution in [3.63, 3.8) is 0 Å². The van der Waals surface area contributed by atoms with Crippen LogP contribution in [-0.2, 0) is 19.2 Å². The molecule has 0 atom stereocenters. The van der Waals surface area contributed by atoms with E-state index in [1.54, 1.807) is 0 Å². The average Bonchev–Trinajstić information content (AvgIpc) is 2.45. The van der Waals surface area contributed by atoms with Crippen LogP contribution < -0.4 is 0 Å². The summed E-state index contributed by atoms with van der Waals surface area (Å²) in [6.07, 6.45) is 5.01. The third kappa shape index (κ3) is 3.90. The van der Waals surface area contributed by atoms with Gasteiger partial charge in [0.1, 0.15) is 20.1 Å². The van der Waals surface area contributed by atoms with Crippen molar-refractivity contribution >= 4 is 69.5 Å². The van der Waals surface area contributed by atoms with Crippen LogP contribution in [-0.4, -0.2) is 23.1 Å². The van der Waals surface area contributed by atoms with E-state index in [-0.39, 0.29) is 11.6 Å². The van der Waals surface area contributed by atoms with E-state index in [1.807, 2.05) is 0 Å². The molecule has 0 aromatic heterocycles. The monoisotopic (exact) mass is 352 g/mol. The summed E-state index contributed by atoms with van der Waals surface area (Å²) in [5, 5.41) is -1.57. The van der Waals surface area contributed by atoms with Crippen LogP contribution in [0.5, 0.6) is 0 Å². The van der Waals surface area contributed by atoms with Crippen molar-refractivity contribution in [1.29, 1.82) is 0 Å². The van der Waals surface area contributed by atoms with Crippen molar-refractivity contribution in [2.75, 3.05) is 0 Å². The van der Waals surface area contributed by atoms with E-state index < -0.39 is 31.7 Å². The van der Waals surface area contributed by atoms with Gasteiger partial charge in [-0.25, -0.2) is 0 Å². The van der Waals surface area contributed by atoms with Crippen LogP contribution in [0.15, 0.2) is 44.4 Å². The molecule has 0 aromatic rings. The zero-order valence-electron chi connectivity index (χ0n) is 9.45. The van der Waals surface area contributed by atoms with Gasteiger partial charge in [-0.05, 0) is 24.3 Å². The Bertz CT molecular complexity index is 538. The van der Waals surface area contributed by atoms with Crippen molar-refractivity contribution in [3.05, 3.63) is 44.4 Å². The molecule has 2 rings (SSSR count). The van der Waals surface area contributed by atoms with Gasteiger partial charge in [0, 0.05) is 0 Å². The molecule has 2 aliphatic rings. The minimum atomic E-state index is -0.729. The molecule has 0 unspecified atom stereocenters. The number of hydrogen-bond donors (Lipinski definition) is 0. The second kappa shape index (κ2) is 6.99. The van der Waals surface area contributed by atoms with Crippen molar-refractivity contribution in [2.24, 2.45) is 0 Å². The highest BCUT2D eigenvalue weighted by molar-refractivity contribution is 6.69. The molecule has 104 valence electrons. The van der Waals surface area contributed by atoms with Gasteiger partial charge in [0.05, 0.1) is 0 Å². The van der Waals surface area contributed by atoms with Crippen LogP contribution in [0.25, 0.3) is 0 Å². The summed E-state index contributed by atoms with van der Waals surface area (Å²) in [5.41, 5.74) is 0. The number of rotatable bonds is 0. The van der Waals surface area contributed by atoms with E-state index in [2.05, 4.69) is 0 Å². The molecule has 0 bridgehead atoms. The molecule has 0 aromatic carbocycles. The molecule has 0 spiro atoms. The van der Waals surface area contributed by atoms with Crippen molar-refractivity contribution in [1.82, 2.24) is 0 Å². The van der Waals surface area contributed by atoms with Crippen LogP contribution >= 0.6 is 46.4 Å². The molecular weight excluding hydrogens is 350 g/mol. The number of allylic oxidation sites excluding steroid dienone is 8. The lowest BCUT2D eigenvalue weighted by molar-refractivity contribution is -0.114. The summed E-state index contributed by atoms with van der Waals surface area (Å²) in [5.74, 6) is -1.70. The van der Waals surface area contributed by atoms with E-state index in [0.717, 1.165) is 0 Å². The fourth-order valence-electron chi connectivity index (χ4n) is 1.03. The lowest BCUT2D eigenvalue weighted by Gasteiger charge is -2.08. The summed E-state index contributed by atoms with van der Waals surface area (Å²) in [4.78, 5) is 42.5. The zero-order valence-corrected chi connectivity index (χ0v) is 12.5. The quantitative estimate of drug-likeness (QED) is 0.628. The summed E-state index contributed by atoms with van der Waals surface area (Å²) >= 11 is 21.5. The zero-order chi connectivity index (χ0) is 15.4. The molecule has 0 saturated carbocycles. The molecule has 0 saturated heterocycles. The van der Waals surface area contributed by atoms with E-state index in [1.165, 1.54) is 24.3 Å². The third-order valence-electron chi connectivity index (χ3n) is 2.01.